The summed E-state index contributed by atoms with van der Waals surface area (Å²) in [6.45, 7) is 4.66. The van der Waals surface area contributed by atoms with Crippen LogP contribution in [-0.4, -0.2) is 60.6 Å². The molecule has 0 spiro atoms. The second-order valence-corrected chi connectivity index (χ2v) is 5.06. The molecule has 1 aliphatic heterocycles. The van der Waals surface area contributed by atoms with E-state index in [1.54, 1.807) is 4.90 Å². The molecule has 0 aliphatic carbocycles. The molecule has 23 heavy (non-hydrogen) atoms. The van der Waals surface area contributed by atoms with E-state index in [1.807, 2.05) is 0 Å². The number of hydrogen-bond donors (Lipinski definition) is 0. The smallest absolute Gasteiger partial charge is 0.303 e. The second-order valence-electron chi connectivity index (χ2n) is 5.06. The van der Waals surface area contributed by atoms with Gasteiger partial charge in [-0.25, -0.2) is 0 Å². The molecule has 1 amide bonds. The fourth-order valence-electron chi connectivity index (χ4n) is 1.86. The van der Waals surface area contributed by atoms with Gasteiger partial charge in [0.05, 0.1) is 0 Å². The lowest BCUT2D eigenvalue weighted by Gasteiger charge is -2.30. The summed E-state index contributed by atoms with van der Waals surface area (Å²) < 4.78 is 14.9. The maximum absolute atomic E-state index is 11.8. The molecule has 128 valence electrons. The zero-order valence-corrected chi connectivity index (χ0v) is 13.4. The van der Waals surface area contributed by atoms with E-state index in [0.717, 1.165) is 6.42 Å². The molecule has 1 saturated heterocycles. The van der Waals surface area contributed by atoms with Crippen molar-refractivity contribution in [2.75, 3.05) is 19.7 Å². The van der Waals surface area contributed by atoms with Gasteiger partial charge in [0.2, 0.25) is 5.91 Å². The van der Waals surface area contributed by atoms with Crippen molar-refractivity contribution in [3.63, 3.8) is 0 Å². The topological polar surface area (TPSA) is 99.2 Å². The van der Waals surface area contributed by atoms with Crippen molar-refractivity contribution in [2.24, 2.45) is 0 Å². The van der Waals surface area contributed by atoms with Crippen LogP contribution >= 0.6 is 0 Å². The minimum atomic E-state index is -1.03. The van der Waals surface area contributed by atoms with E-state index in [4.69, 9.17) is 14.2 Å². The van der Waals surface area contributed by atoms with Crippen LogP contribution in [0.3, 0.4) is 0 Å². The fraction of sp³-hybridized carbons (Fsp3) is 0.600. The van der Waals surface area contributed by atoms with Gasteiger partial charge in [0.1, 0.15) is 6.61 Å². The van der Waals surface area contributed by atoms with Crippen LogP contribution in [0.2, 0.25) is 0 Å². The summed E-state index contributed by atoms with van der Waals surface area (Å²) in [5.74, 6) is -2.02. The molecule has 0 N–H and O–H groups in total. The maximum Gasteiger partial charge on any atom is 0.303 e. The highest BCUT2D eigenvalue weighted by atomic mass is 16.6. The van der Waals surface area contributed by atoms with E-state index >= 15 is 0 Å². The van der Waals surface area contributed by atoms with Gasteiger partial charge in [-0.2, -0.15) is 0 Å². The predicted molar refractivity (Wildman–Crippen MR) is 78.1 cm³/mol. The average Bonchev–Trinajstić information content (AvgIpc) is 2.36. The van der Waals surface area contributed by atoms with Gasteiger partial charge in [0, 0.05) is 39.9 Å². The summed E-state index contributed by atoms with van der Waals surface area (Å²) in [7, 11) is 0. The van der Waals surface area contributed by atoms with Crippen molar-refractivity contribution in [3.8, 4) is 0 Å². The van der Waals surface area contributed by atoms with Gasteiger partial charge in [-0.15, -0.1) is 0 Å². The summed E-state index contributed by atoms with van der Waals surface area (Å²) >= 11 is 0. The molecule has 0 aromatic rings. The van der Waals surface area contributed by atoms with Crippen LogP contribution in [0.5, 0.6) is 0 Å². The van der Waals surface area contributed by atoms with Gasteiger partial charge >= 0.3 is 17.9 Å². The fourth-order valence-corrected chi connectivity index (χ4v) is 1.86. The summed E-state index contributed by atoms with van der Waals surface area (Å²) in [4.78, 5) is 46.8. The lowest BCUT2D eigenvalue weighted by Crippen LogP contribution is -2.41. The third-order valence-electron chi connectivity index (χ3n) is 3.03. The standard InChI is InChI=1S/C15H21NO7/c1-10(17)21-9-14(23-12(3)19)13(22-11(2)18)5-6-15(20)16-7-4-8-16/h5-6,13-14H,4,7-9H2,1-3H3/b6-5+/t13-,14+/m1/s1. The van der Waals surface area contributed by atoms with Crippen molar-refractivity contribution in [1.29, 1.82) is 0 Å². The first-order chi connectivity index (χ1) is 10.8. The van der Waals surface area contributed by atoms with Crippen LogP contribution in [0.15, 0.2) is 12.2 Å². The van der Waals surface area contributed by atoms with Crippen molar-refractivity contribution in [1.82, 2.24) is 4.90 Å². The third-order valence-corrected chi connectivity index (χ3v) is 3.03. The molecule has 0 aromatic heterocycles. The third kappa shape index (κ3) is 6.94. The molecule has 1 aliphatic rings. The molecule has 1 fully saturated rings. The summed E-state index contributed by atoms with van der Waals surface area (Å²) in [6, 6.07) is 0. The number of amides is 1. The molecular formula is C15H21NO7. The van der Waals surface area contributed by atoms with E-state index < -0.39 is 30.1 Å². The zero-order valence-electron chi connectivity index (χ0n) is 13.4. The Morgan fingerprint density at radius 3 is 2.04 bits per heavy atom. The van der Waals surface area contributed by atoms with Crippen LogP contribution in [0, 0.1) is 0 Å². The number of likely N-dealkylation sites (tertiary alicyclic amines) is 1. The first-order valence-corrected chi connectivity index (χ1v) is 7.24. The lowest BCUT2D eigenvalue weighted by molar-refractivity contribution is -0.169. The minimum absolute atomic E-state index is 0.220. The normalized spacial score (nSPS) is 16.2. The van der Waals surface area contributed by atoms with Crippen LogP contribution in [0.25, 0.3) is 0 Å². The monoisotopic (exact) mass is 327 g/mol. The molecule has 0 aromatic carbocycles. The molecule has 0 unspecified atom stereocenters. The van der Waals surface area contributed by atoms with Gasteiger partial charge in [0.25, 0.3) is 0 Å². The number of carbonyl (C=O) groups excluding carboxylic acids is 4. The Balaban J connectivity index is 2.81. The molecule has 1 rings (SSSR count). The number of esters is 3. The van der Waals surface area contributed by atoms with E-state index in [1.165, 1.54) is 32.9 Å². The number of hydrogen-bond acceptors (Lipinski definition) is 7. The Labute approximate surface area is 134 Å². The van der Waals surface area contributed by atoms with Crippen LogP contribution in [0.4, 0.5) is 0 Å². The quantitative estimate of drug-likeness (QED) is 0.374. The molecule has 1 heterocycles. The second kappa shape index (κ2) is 8.92. The molecule has 2 atom stereocenters. The highest BCUT2D eigenvalue weighted by Crippen LogP contribution is 2.11. The molecule has 0 saturated carbocycles. The molecule has 8 heteroatoms. The molecular weight excluding hydrogens is 306 g/mol. The van der Waals surface area contributed by atoms with Crippen LogP contribution < -0.4 is 0 Å². The zero-order chi connectivity index (χ0) is 17.4. The Bertz CT molecular complexity index is 496. The van der Waals surface area contributed by atoms with E-state index in [9.17, 15) is 19.2 Å². The number of rotatable bonds is 7. The van der Waals surface area contributed by atoms with Gasteiger partial charge < -0.3 is 19.1 Å². The van der Waals surface area contributed by atoms with E-state index in [0.29, 0.717) is 13.1 Å². The Hall–Kier alpha value is -2.38. The Morgan fingerprint density at radius 2 is 1.61 bits per heavy atom. The first kappa shape index (κ1) is 18.7. The van der Waals surface area contributed by atoms with Gasteiger partial charge in [-0.05, 0) is 12.5 Å². The molecule has 0 bridgehead atoms. The first-order valence-electron chi connectivity index (χ1n) is 7.24. The summed E-state index contributed by atoms with van der Waals surface area (Å²) in [5, 5.41) is 0. The number of carbonyl (C=O) groups is 4. The largest absolute Gasteiger partial charge is 0.462 e. The number of ether oxygens (including phenoxy) is 3. The minimum Gasteiger partial charge on any atom is -0.462 e. The van der Waals surface area contributed by atoms with Crippen molar-refractivity contribution >= 4 is 23.8 Å². The van der Waals surface area contributed by atoms with Crippen molar-refractivity contribution in [2.45, 2.75) is 39.4 Å². The van der Waals surface area contributed by atoms with Crippen LogP contribution in [0.1, 0.15) is 27.2 Å². The van der Waals surface area contributed by atoms with Gasteiger partial charge in [0.15, 0.2) is 12.2 Å². The Kier molecular flexibility index (Phi) is 7.24. The summed E-state index contributed by atoms with van der Waals surface area (Å²) in [5.41, 5.74) is 0. The predicted octanol–water partition coefficient (Wildman–Crippen LogP) is 0.201. The van der Waals surface area contributed by atoms with Crippen molar-refractivity contribution < 1.29 is 33.4 Å². The lowest BCUT2D eigenvalue weighted by atomic mass is 10.1. The number of nitrogens with zero attached hydrogens (tertiary/aromatic N) is 1. The van der Waals surface area contributed by atoms with Gasteiger partial charge in [-0.1, -0.05) is 0 Å². The SMILES string of the molecule is CC(=O)OC[C@H](OC(C)=O)[C@@H](/C=C/C(=O)N1CCC1)OC(C)=O. The maximum atomic E-state index is 11.8. The Morgan fingerprint density at radius 1 is 1.00 bits per heavy atom. The van der Waals surface area contributed by atoms with Crippen molar-refractivity contribution in [3.05, 3.63) is 12.2 Å². The van der Waals surface area contributed by atoms with Gasteiger partial charge in [-0.3, -0.25) is 19.2 Å². The molecule has 8 nitrogen and oxygen atoms in total. The molecule has 0 radical (unpaired) electrons. The van der Waals surface area contributed by atoms with E-state index in [-0.39, 0.29) is 12.5 Å². The van der Waals surface area contributed by atoms with E-state index in [2.05, 4.69) is 0 Å². The average molecular weight is 327 g/mol. The highest BCUT2D eigenvalue weighted by molar-refractivity contribution is 5.88. The highest BCUT2D eigenvalue weighted by Gasteiger charge is 2.27. The van der Waals surface area contributed by atoms with Crippen LogP contribution in [-0.2, 0) is 33.4 Å². The summed E-state index contributed by atoms with van der Waals surface area (Å²) in [6.07, 6.45) is 1.49.